The first-order valence-corrected chi connectivity index (χ1v) is 13.6. The lowest BCUT2D eigenvalue weighted by Crippen LogP contribution is -2.46. The predicted octanol–water partition coefficient (Wildman–Crippen LogP) is 2.89. The molecular formula is C26H31N3O6S. The van der Waals surface area contributed by atoms with Gasteiger partial charge in [-0.15, -0.1) is 0 Å². The van der Waals surface area contributed by atoms with Crippen molar-refractivity contribution in [2.45, 2.75) is 45.1 Å². The van der Waals surface area contributed by atoms with E-state index < -0.39 is 22.6 Å². The standard InChI is InChI=1S/C26H31N3O6S/c1-18-7-5-6-10-21(18)29(14-24(30)27-19-8-3-2-4-9-19)26(32)16-36(33)15-25(31)28-20-11-12-22-23(13-20)35-17-34-22/h5-7,10-13,19H,2-4,8-9,14-17H2,1H3,(H,27,30)(H,28,31). The Hall–Kier alpha value is -3.40. The molecule has 1 saturated carbocycles. The van der Waals surface area contributed by atoms with Crippen LogP contribution in [-0.2, 0) is 25.2 Å². The number of hydrogen-bond acceptors (Lipinski definition) is 6. The number of rotatable bonds is 9. The molecule has 0 spiro atoms. The molecule has 0 radical (unpaired) electrons. The molecule has 9 nitrogen and oxygen atoms in total. The fourth-order valence-corrected chi connectivity index (χ4v) is 5.32. The molecule has 2 N–H and O–H groups in total. The number of nitrogens with one attached hydrogen (secondary N) is 2. The number of para-hydroxylation sites is 1. The minimum atomic E-state index is -1.77. The summed E-state index contributed by atoms with van der Waals surface area (Å²) in [5.41, 5.74) is 1.89. The summed E-state index contributed by atoms with van der Waals surface area (Å²) in [5, 5.41) is 5.70. The van der Waals surface area contributed by atoms with Gasteiger partial charge in [0.15, 0.2) is 11.5 Å². The van der Waals surface area contributed by atoms with Gasteiger partial charge in [0.1, 0.15) is 18.1 Å². The maximum absolute atomic E-state index is 13.2. The molecule has 1 unspecified atom stereocenters. The Balaban J connectivity index is 1.36. The van der Waals surface area contributed by atoms with Crippen molar-refractivity contribution in [2.24, 2.45) is 0 Å². The van der Waals surface area contributed by atoms with Crippen molar-refractivity contribution in [3.8, 4) is 11.5 Å². The second-order valence-corrected chi connectivity index (χ2v) is 10.5. The Morgan fingerprint density at radius 3 is 2.50 bits per heavy atom. The summed E-state index contributed by atoms with van der Waals surface area (Å²) in [6, 6.07) is 12.3. The molecule has 2 aromatic carbocycles. The second-order valence-electron chi connectivity index (χ2n) is 9.01. The lowest BCUT2D eigenvalue weighted by molar-refractivity contribution is -0.123. The largest absolute Gasteiger partial charge is 0.454 e. The van der Waals surface area contributed by atoms with Gasteiger partial charge in [-0.2, -0.15) is 0 Å². The number of carbonyl (C=O) groups is 3. The van der Waals surface area contributed by atoms with Gasteiger partial charge in [-0.1, -0.05) is 37.5 Å². The first-order chi connectivity index (χ1) is 17.4. The number of hydrogen-bond donors (Lipinski definition) is 2. The van der Waals surface area contributed by atoms with E-state index in [1.54, 1.807) is 30.3 Å². The normalized spacial score (nSPS) is 15.7. The van der Waals surface area contributed by atoms with Crippen LogP contribution in [0.5, 0.6) is 11.5 Å². The Morgan fingerprint density at radius 1 is 0.972 bits per heavy atom. The van der Waals surface area contributed by atoms with Gasteiger partial charge in [-0.05, 0) is 43.5 Å². The van der Waals surface area contributed by atoms with E-state index in [4.69, 9.17) is 9.47 Å². The Labute approximate surface area is 213 Å². The third-order valence-electron chi connectivity index (χ3n) is 6.21. The Kier molecular flexibility index (Phi) is 8.58. The molecule has 1 aliphatic carbocycles. The van der Waals surface area contributed by atoms with Crippen molar-refractivity contribution in [3.05, 3.63) is 48.0 Å². The maximum atomic E-state index is 13.2. The molecule has 3 amide bonds. The van der Waals surface area contributed by atoms with Gasteiger partial charge in [0.05, 0.1) is 0 Å². The van der Waals surface area contributed by atoms with Crippen molar-refractivity contribution in [2.75, 3.05) is 35.1 Å². The van der Waals surface area contributed by atoms with Crippen molar-refractivity contribution in [1.29, 1.82) is 0 Å². The molecule has 4 rings (SSSR count). The average molecular weight is 514 g/mol. The molecule has 1 heterocycles. The van der Waals surface area contributed by atoms with Gasteiger partial charge in [-0.3, -0.25) is 18.6 Å². The van der Waals surface area contributed by atoms with E-state index in [9.17, 15) is 18.6 Å². The number of ether oxygens (including phenoxy) is 2. The van der Waals surface area contributed by atoms with Crippen LogP contribution < -0.4 is 25.0 Å². The number of amides is 3. The molecule has 1 aliphatic heterocycles. The quantitative estimate of drug-likeness (QED) is 0.533. The van der Waals surface area contributed by atoms with Gasteiger partial charge in [0.2, 0.25) is 24.5 Å². The molecule has 2 aliphatic rings. The zero-order valence-electron chi connectivity index (χ0n) is 20.3. The summed E-state index contributed by atoms with van der Waals surface area (Å²) in [6.45, 7) is 1.81. The zero-order valence-corrected chi connectivity index (χ0v) is 21.1. The second kappa shape index (κ2) is 12.0. The third kappa shape index (κ3) is 6.84. The summed E-state index contributed by atoms with van der Waals surface area (Å²) < 4.78 is 23.3. The van der Waals surface area contributed by atoms with Crippen LogP contribution in [0.25, 0.3) is 0 Å². The number of benzene rings is 2. The van der Waals surface area contributed by atoms with E-state index in [0.29, 0.717) is 22.9 Å². The highest BCUT2D eigenvalue weighted by molar-refractivity contribution is 7.86. The molecule has 1 atom stereocenters. The molecule has 1 fully saturated rings. The van der Waals surface area contributed by atoms with E-state index >= 15 is 0 Å². The number of fused-ring (bicyclic) bond motifs is 1. The van der Waals surface area contributed by atoms with Crippen LogP contribution >= 0.6 is 0 Å². The van der Waals surface area contributed by atoms with Crippen LogP contribution in [0.15, 0.2) is 42.5 Å². The highest BCUT2D eigenvalue weighted by Crippen LogP contribution is 2.34. The topological polar surface area (TPSA) is 114 Å². The van der Waals surface area contributed by atoms with Crippen molar-refractivity contribution >= 4 is 39.9 Å². The predicted molar refractivity (Wildman–Crippen MR) is 138 cm³/mol. The highest BCUT2D eigenvalue weighted by atomic mass is 32.2. The molecule has 10 heteroatoms. The minimum Gasteiger partial charge on any atom is -0.454 e. The zero-order chi connectivity index (χ0) is 25.5. The number of nitrogens with zero attached hydrogens (tertiary/aromatic N) is 1. The van der Waals surface area contributed by atoms with E-state index in [1.165, 1.54) is 11.3 Å². The first-order valence-electron chi connectivity index (χ1n) is 12.1. The Morgan fingerprint density at radius 2 is 1.72 bits per heavy atom. The van der Waals surface area contributed by atoms with Crippen molar-refractivity contribution in [3.63, 3.8) is 0 Å². The molecular weight excluding hydrogens is 482 g/mol. The van der Waals surface area contributed by atoms with Crippen LogP contribution in [0.2, 0.25) is 0 Å². The Bertz CT molecular complexity index is 1150. The number of aryl methyl sites for hydroxylation is 1. The minimum absolute atomic E-state index is 0.120. The van der Waals surface area contributed by atoms with E-state index in [0.717, 1.165) is 31.2 Å². The molecule has 0 bridgehead atoms. The molecule has 2 aromatic rings. The fraction of sp³-hybridized carbons (Fsp3) is 0.423. The average Bonchev–Trinajstić information content (AvgIpc) is 3.31. The summed E-state index contributed by atoms with van der Waals surface area (Å²) in [4.78, 5) is 39.8. The first kappa shape index (κ1) is 25.7. The van der Waals surface area contributed by atoms with Gasteiger partial charge >= 0.3 is 0 Å². The molecule has 0 saturated heterocycles. The number of carbonyl (C=O) groups excluding carboxylic acids is 3. The lowest BCUT2D eigenvalue weighted by atomic mass is 9.95. The van der Waals surface area contributed by atoms with Crippen LogP contribution in [0.1, 0.15) is 37.7 Å². The summed E-state index contributed by atoms with van der Waals surface area (Å²) >= 11 is 0. The summed E-state index contributed by atoms with van der Waals surface area (Å²) in [6.07, 6.45) is 5.21. The van der Waals surface area contributed by atoms with Crippen LogP contribution in [0, 0.1) is 6.92 Å². The van der Waals surface area contributed by atoms with Gasteiger partial charge < -0.3 is 25.0 Å². The van der Waals surface area contributed by atoms with Crippen molar-refractivity contribution in [1.82, 2.24) is 5.32 Å². The molecule has 192 valence electrons. The van der Waals surface area contributed by atoms with Crippen LogP contribution in [0.4, 0.5) is 11.4 Å². The van der Waals surface area contributed by atoms with Gasteiger partial charge in [-0.25, -0.2) is 0 Å². The molecule has 36 heavy (non-hydrogen) atoms. The van der Waals surface area contributed by atoms with Gasteiger partial charge in [0.25, 0.3) is 0 Å². The van der Waals surface area contributed by atoms with Gasteiger partial charge in [0, 0.05) is 34.3 Å². The smallest absolute Gasteiger partial charge is 0.240 e. The molecule has 0 aromatic heterocycles. The fourth-order valence-electron chi connectivity index (χ4n) is 4.42. The van der Waals surface area contributed by atoms with E-state index in [1.807, 2.05) is 19.1 Å². The van der Waals surface area contributed by atoms with Crippen LogP contribution in [0.3, 0.4) is 0 Å². The lowest BCUT2D eigenvalue weighted by Gasteiger charge is -2.27. The summed E-state index contributed by atoms with van der Waals surface area (Å²) in [7, 11) is -1.77. The number of anilines is 2. The van der Waals surface area contributed by atoms with E-state index in [2.05, 4.69) is 10.6 Å². The van der Waals surface area contributed by atoms with Crippen molar-refractivity contribution < 1.29 is 28.1 Å². The SMILES string of the molecule is Cc1ccccc1N(CC(=O)NC1CCCCC1)C(=O)CS(=O)CC(=O)Nc1ccc2c(c1)OCO2. The van der Waals surface area contributed by atoms with E-state index in [-0.39, 0.29) is 36.8 Å². The monoisotopic (exact) mass is 513 g/mol. The van der Waals surface area contributed by atoms with Crippen LogP contribution in [-0.4, -0.2) is 52.8 Å². The summed E-state index contributed by atoms with van der Waals surface area (Å²) in [5.74, 6) is -0.828. The third-order valence-corrected chi connectivity index (χ3v) is 7.37. The maximum Gasteiger partial charge on any atom is 0.240 e. The highest BCUT2D eigenvalue weighted by Gasteiger charge is 2.25.